The van der Waals surface area contributed by atoms with Gasteiger partial charge in [-0.2, -0.15) is 0 Å². The summed E-state index contributed by atoms with van der Waals surface area (Å²) in [4.78, 5) is 2.46. The Morgan fingerprint density at radius 3 is 2.42 bits per heavy atom. The molecule has 33 heavy (non-hydrogen) atoms. The molecule has 1 aliphatic rings. The van der Waals surface area contributed by atoms with Gasteiger partial charge in [0.15, 0.2) is 16.7 Å². The predicted octanol–water partition coefficient (Wildman–Crippen LogP) is 4.51. The molecule has 1 aliphatic heterocycles. The molecule has 1 saturated heterocycles. The van der Waals surface area contributed by atoms with Gasteiger partial charge < -0.3 is 18.8 Å². The average Bonchev–Trinajstić information content (AvgIpc) is 3.23. The summed E-state index contributed by atoms with van der Waals surface area (Å²) < 4.78 is 18.7. The van der Waals surface area contributed by atoms with E-state index < -0.39 is 0 Å². The molecule has 1 fully saturated rings. The standard InChI is InChI=1S/C25H32N4O3S/c1-28-24(26-27-25(28)33-17-18-9-6-5-7-10-18)19-11-8-12-29(15-19)16-20-13-22(31-3)23(32-4)14-21(20)30-2/h5-7,9-10,13-14,19H,8,11-12,15-17H2,1-4H3. The predicted molar refractivity (Wildman–Crippen MR) is 130 cm³/mol. The third-order valence-electron chi connectivity index (χ3n) is 6.13. The van der Waals surface area contributed by atoms with Crippen molar-refractivity contribution < 1.29 is 14.2 Å². The number of benzene rings is 2. The van der Waals surface area contributed by atoms with Gasteiger partial charge in [-0.3, -0.25) is 4.90 Å². The average molecular weight is 469 g/mol. The maximum absolute atomic E-state index is 5.63. The van der Waals surface area contributed by atoms with Crippen LogP contribution in [0.3, 0.4) is 0 Å². The van der Waals surface area contributed by atoms with Gasteiger partial charge in [0.1, 0.15) is 11.6 Å². The van der Waals surface area contributed by atoms with Gasteiger partial charge in [-0.15, -0.1) is 10.2 Å². The van der Waals surface area contributed by atoms with Gasteiger partial charge in [-0.25, -0.2) is 0 Å². The van der Waals surface area contributed by atoms with Gasteiger partial charge in [-0.1, -0.05) is 42.1 Å². The van der Waals surface area contributed by atoms with Crippen molar-refractivity contribution in [2.45, 2.75) is 36.2 Å². The zero-order valence-electron chi connectivity index (χ0n) is 19.8. The van der Waals surface area contributed by atoms with Crippen LogP contribution < -0.4 is 14.2 Å². The number of aromatic nitrogens is 3. The maximum atomic E-state index is 5.63. The second kappa shape index (κ2) is 10.9. The minimum Gasteiger partial charge on any atom is -0.496 e. The zero-order valence-corrected chi connectivity index (χ0v) is 20.6. The molecule has 0 amide bonds. The van der Waals surface area contributed by atoms with Crippen molar-refractivity contribution in [2.24, 2.45) is 7.05 Å². The Morgan fingerprint density at radius 1 is 0.970 bits per heavy atom. The lowest BCUT2D eigenvalue weighted by Crippen LogP contribution is -2.35. The number of rotatable bonds is 9. The Morgan fingerprint density at radius 2 is 1.70 bits per heavy atom. The molecule has 0 spiro atoms. The molecule has 0 N–H and O–H groups in total. The minimum absolute atomic E-state index is 0.355. The van der Waals surface area contributed by atoms with Gasteiger partial charge in [0.2, 0.25) is 0 Å². The first-order chi connectivity index (χ1) is 16.1. The summed E-state index contributed by atoms with van der Waals surface area (Å²) in [6, 6.07) is 14.4. The van der Waals surface area contributed by atoms with E-state index in [0.717, 1.165) is 66.3 Å². The van der Waals surface area contributed by atoms with E-state index in [2.05, 4.69) is 51.0 Å². The van der Waals surface area contributed by atoms with Crippen molar-refractivity contribution in [3.05, 3.63) is 59.4 Å². The van der Waals surface area contributed by atoms with Gasteiger partial charge in [0, 0.05) is 43.4 Å². The molecule has 1 atom stereocenters. The number of hydrogen-bond acceptors (Lipinski definition) is 7. The van der Waals surface area contributed by atoms with Crippen molar-refractivity contribution in [3.63, 3.8) is 0 Å². The fraction of sp³-hybridized carbons (Fsp3) is 0.440. The molecule has 0 saturated carbocycles. The van der Waals surface area contributed by atoms with Crippen LogP contribution in [0.2, 0.25) is 0 Å². The molecule has 4 rings (SSSR count). The Balaban J connectivity index is 1.44. The number of piperidine rings is 1. The summed E-state index contributed by atoms with van der Waals surface area (Å²) in [6.45, 7) is 2.77. The van der Waals surface area contributed by atoms with Crippen LogP contribution in [0.5, 0.6) is 17.2 Å². The second-order valence-corrected chi connectivity index (χ2v) is 9.21. The normalized spacial score (nSPS) is 16.5. The highest BCUT2D eigenvalue weighted by Crippen LogP contribution is 2.36. The lowest BCUT2D eigenvalue weighted by atomic mass is 9.96. The first-order valence-electron chi connectivity index (χ1n) is 11.2. The van der Waals surface area contributed by atoms with Crippen LogP contribution in [-0.2, 0) is 19.3 Å². The Bertz CT molecular complexity index is 1060. The van der Waals surface area contributed by atoms with Gasteiger partial charge in [0.25, 0.3) is 0 Å². The quantitative estimate of drug-likeness (QED) is 0.428. The van der Waals surface area contributed by atoms with E-state index in [1.54, 1.807) is 33.1 Å². The van der Waals surface area contributed by atoms with Crippen LogP contribution >= 0.6 is 11.8 Å². The van der Waals surface area contributed by atoms with Crippen LogP contribution in [0.15, 0.2) is 47.6 Å². The highest BCUT2D eigenvalue weighted by Gasteiger charge is 2.27. The van der Waals surface area contributed by atoms with E-state index in [9.17, 15) is 0 Å². The van der Waals surface area contributed by atoms with Crippen LogP contribution in [0.1, 0.15) is 35.7 Å². The molecule has 3 aromatic rings. The Labute approximate surface area is 200 Å². The molecule has 0 bridgehead atoms. The van der Waals surface area contributed by atoms with E-state index in [1.165, 1.54) is 5.56 Å². The van der Waals surface area contributed by atoms with Crippen molar-refractivity contribution in [1.82, 2.24) is 19.7 Å². The molecule has 0 radical (unpaired) electrons. The monoisotopic (exact) mass is 468 g/mol. The minimum atomic E-state index is 0.355. The number of methoxy groups -OCH3 is 3. The Hall–Kier alpha value is -2.71. The van der Waals surface area contributed by atoms with Gasteiger partial charge >= 0.3 is 0 Å². The molecule has 2 heterocycles. The topological polar surface area (TPSA) is 61.6 Å². The highest BCUT2D eigenvalue weighted by atomic mass is 32.2. The lowest BCUT2D eigenvalue weighted by molar-refractivity contribution is 0.192. The largest absolute Gasteiger partial charge is 0.496 e. The molecule has 1 aromatic heterocycles. The van der Waals surface area contributed by atoms with Crippen molar-refractivity contribution in [1.29, 1.82) is 0 Å². The van der Waals surface area contributed by atoms with Gasteiger partial charge in [0.05, 0.1) is 21.3 Å². The molecular formula is C25H32N4O3S. The third kappa shape index (κ3) is 5.45. The molecular weight excluding hydrogens is 436 g/mol. The van der Waals surface area contributed by atoms with E-state index in [4.69, 9.17) is 14.2 Å². The van der Waals surface area contributed by atoms with Crippen molar-refractivity contribution in [2.75, 3.05) is 34.4 Å². The number of likely N-dealkylation sites (tertiary alicyclic amines) is 1. The maximum Gasteiger partial charge on any atom is 0.191 e. The third-order valence-corrected chi connectivity index (χ3v) is 7.22. The van der Waals surface area contributed by atoms with Crippen LogP contribution in [-0.4, -0.2) is 54.1 Å². The molecule has 1 unspecified atom stereocenters. The molecule has 2 aromatic carbocycles. The highest BCUT2D eigenvalue weighted by molar-refractivity contribution is 7.98. The summed E-state index contributed by atoms with van der Waals surface area (Å²) in [6.07, 6.45) is 2.24. The molecule has 7 nitrogen and oxygen atoms in total. The fourth-order valence-corrected chi connectivity index (χ4v) is 5.27. The molecule has 176 valence electrons. The van der Waals surface area contributed by atoms with E-state index in [1.807, 2.05) is 18.2 Å². The molecule has 0 aliphatic carbocycles. The van der Waals surface area contributed by atoms with Crippen molar-refractivity contribution in [3.8, 4) is 17.2 Å². The number of thioether (sulfide) groups is 1. The van der Waals surface area contributed by atoms with E-state index in [-0.39, 0.29) is 0 Å². The summed E-state index contributed by atoms with van der Waals surface area (Å²) in [7, 11) is 7.07. The first kappa shape index (κ1) is 23.4. The first-order valence-corrected chi connectivity index (χ1v) is 12.2. The Kier molecular flexibility index (Phi) is 7.77. The van der Waals surface area contributed by atoms with Crippen LogP contribution in [0.25, 0.3) is 0 Å². The van der Waals surface area contributed by atoms with Crippen LogP contribution in [0.4, 0.5) is 0 Å². The fourth-order valence-electron chi connectivity index (χ4n) is 4.40. The molecule has 8 heteroatoms. The smallest absolute Gasteiger partial charge is 0.191 e. The summed E-state index contributed by atoms with van der Waals surface area (Å²) in [5.41, 5.74) is 2.38. The van der Waals surface area contributed by atoms with Gasteiger partial charge in [-0.05, 0) is 31.0 Å². The SMILES string of the molecule is COc1cc(OC)c(OC)cc1CN1CCCC(c2nnc(SCc3ccccc3)n2C)C1. The number of ether oxygens (including phenoxy) is 3. The van der Waals surface area contributed by atoms with E-state index >= 15 is 0 Å². The summed E-state index contributed by atoms with van der Waals surface area (Å²) >= 11 is 1.73. The number of nitrogens with zero attached hydrogens (tertiary/aromatic N) is 4. The van der Waals surface area contributed by atoms with E-state index in [0.29, 0.717) is 11.7 Å². The summed E-state index contributed by atoms with van der Waals surface area (Å²) in [5, 5.41) is 10.0. The second-order valence-electron chi connectivity index (χ2n) is 8.27. The van der Waals surface area contributed by atoms with Crippen molar-refractivity contribution >= 4 is 11.8 Å². The number of hydrogen-bond donors (Lipinski definition) is 0. The van der Waals surface area contributed by atoms with Crippen LogP contribution in [0, 0.1) is 0 Å². The summed E-state index contributed by atoms with van der Waals surface area (Å²) in [5.74, 6) is 4.52. The zero-order chi connectivity index (χ0) is 23.2. The lowest BCUT2D eigenvalue weighted by Gasteiger charge is -2.32.